The molecule has 2 aromatic carbocycles. The van der Waals surface area contributed by atoms with Crippen LogP contribution in [0.25, 0.3) is 5.69 Å². The molecule has 3 rings (SSSR count). The lowest BCUT2D eigenvalue weighted by atomic mass is 10.1. The van der Waals surface area contributed by atoms with E-state index < -0.39 is 5.97 Å². The molecule has 0 fully saturated rings. The summed E-state index contributed by atoms with van der Waals surface area (Å²) in [5, 5.41) is 7.20. The summed E-state index contributed by atoms with van der Waals surface area (Å²) in [4.78, 5) is 24.2. The van der Waals surface area contributed by atoms with Gasteiger partial charge in [-0.1, -0.05) is 30.3 Å². The van der Waals surface area contributed by atoms with Gasteiger partial charge in [-0.2, -0.15) is 5.10 Å². The smallest absolute Gasteiger partial charge is 0.310 e. The minimum atomic E-state index is -0.468. The Balaban J connectivity index is 1.43. The largest absolute Gasteiger partial charge is 0.492 e. The zero-order valence-electron chi connectivity index (χ0n) is 18.1. The van der Waals surface area contributed by atoms with Crippen molar-refractivity contribution in [3.8, 4) is 11.4 Å². The van der Waals surface area contributed by atoms with Crippen LogP contribution in [0.1, 0.15) is 22.5 Å². The van der Waals surface area contributed by atoms with E-state index in [1.54, 1.807) is 4.68 Å². The predicted octanol–water partition coefficient (Wildman–Crippen LogP) is 3.08. The number of aryl methyl sites for hydroxylation is 2. The van der Waals surface area contributed by atoms with Gasteiger partial charge in [0.15, 0.2) is 6.61 Å². The second kappa shape index (κ2) is 10.4. The van der Waals surface area contributed by atoms with Crippen molar-refractivity contribution in [2.75, 3.05) is 19.8 Å². The summed E-state index contributed by atoms with van der Waals surface area (Å²) in [6, 6.07) is 17.4. The molecule has 0 aliphatic carbocycles. The van der Waals surface area contributed by atoms with E-state index in [1.807, 2.05) is 75.4 Å². The van der Waals surface area contributed by atoms with Crippen LogP contribution < -0.4 is 10.1 Å². The van der Waals surface area contributed by atoms with Crippen molar-refractivity contribution in [1.29, 1.82) is 0 Å². The van der Waals surface area contributed by atoms with E-state index in [4.69, 9.17) is 9.47 Å². The number of nitrogens with one attached hydrogen (secondary N) is 1. The van der Waals surface area contributed by atoms with E-state index in [0.717, 1.165) is 34.0 Å². The molecule has 1 aromatic heterocycles. The summed E-state index contributed by atoms with van der Waals surface area (Å²) >= 11 is 0. The maximum absolute atomic E-state index is 12.3. The highest BCUT2D eigenvalue weighted by molar-refractivity contribution is 5.81. The van der Waals surface area contributed by atoms with Gasteiger partial charge in [-0.3, -0.25) is 9.59 Å². The highest BCUT2D eigenvalue weighted by Gasteiger charge is 2.17. The Kier molecular flexibility index (Phi) is 7.43. The third-order valence-electron chi connectivity index (χ3n) is 4.81. The zero-order chi connectivity index (χ0) is 22.2. The van der Waals surface area contributed by atoms with Gasteiger partial charge >= 0.3 is 5.97 Å². The number of carbonyl (C=O) groups is 2. The van der Waals surface area contributed by atoms with Crippen LogP contribution in [0, 0.1) is 20.8 Å². The molecule has 1 heterocycles. The van der Waals surface area contributed by atoms with Crippen molar-refractivity contribution in [3.63, 3.8) is 0 Å². The molecular formula is C24H27N3O4. The summed E-state index contributed by atoms with van der Waals surface area (Å²) in [6.07, 6.45) is 0.0637. The summed E-state index contributed by atoms with van der Waals surface area (Å²) in [7, 11) is 0. The van der Waals surface area contributed by atoms with E-state index >= 15 is 0 Å². The van der Waals surface area contributed by atoms with Crippen molar-refractivity contribution >= 4 is 11.9 Å². The molecule has 0 aliphatic heterocycles. The van der Waals surface area contributed by atoms with Gasteiger partial charge in [0, 0.05) is 11.3 Å². The van der Waals surface area contributed by atoms with Gasteiger partial charge in [0.2, 0.25) is 0 Å². The van der Waals surface area contributed by atoms with E-state index in [9.17, 15) is 9.59 Å². The summed E-state index contributed by atoms with van der Waals surface area (Å²) < 4.78 is 12.5. The van der Waals surface area contributed by atoms with Crippen LogP contribution in [0.2, 0.25) is 0 Å². The van der Waals surface area contributed by atoms with Gasteiger partial charge in [-0.05, 0) is 50.6 Å². The molecule has 0 saturated carbocycles. The van der Waals surface area contributed by atoms with Crippen molar-refractivity contribution in [3.05, 3.63) is 77.1 Å². The molecule has 0 unspecified atom stereocenters. The predicted molar refractivity (Wildman–Crippen MR) is 117 cm³/mol. The van der Waals surface area contributed by atoms with Crippen molar-refractivity contribution in [1.82, 2.24) is 15.1 Å². The summed E-state index contributed by atoms with van der Waals surface area (Å²) in [5.41, 5.74) is 4.47. The Morgan fingerprint density at radius 1 is 1.03 bits per heavy atom. The summed E-state index contributed by atoms with van der Waals surface area (Å²) in [6.45, 7) is 6.09. The molecule has 0 aliphatic rings. The Morgan fingerprint density at radius 3 is 2.55 bits per heavy atom. The van der Waals surface area contributed by atoms with Crippen LogP contribution in [0.4, 0.5) is 0 Å². The molecule has 0 radical (unpaired) electrons. The summed E-state index contributed by atoms with van der Waals surface area (Å²) in [5.74, 6) is -0.0814. The fourth-order valence-corrected chi connectivity index (χ4v) is 3.21. The van der Waals surface area contributed by atoms with Gasteiger partial charge in [0.1, 0.15) is 12.4 Å². The Morgan fingerprint density at radius 2 is 1.81 bits per heavy atom. The monoisotopic (exact) mass is 421 g/mol. The normalized spacial score (nSPS) is 10.5. The topological polar surface area (TPSA) is 82.4 Å². The van der Waals surface area contributed by atoms with E-state index in [0.29, 0.717) is 13.2 Å². The number of hydrogen-bond donors (Lipinski definition) is 1. The first-order chi connectivity index (χ1) is 14.9. The second-order valence-electron chi connectivity index (χ2n) is 7.25. The van der Waals surface area contributed by atoms with Crippen LogP contribution >= 0.6 is 0 Å². The van der Waals surface area contributed by atoms with Crippen molar-refractivity contribution < 1.29 is 19.1 Å². The first-order valence-corrected chi connectivity index (χ1v) is 10.2. The molecule has 3 aromatic rings. The fourth-order valence-electron chi connectivity index (χ4n) is 3.21. The standard InChI is InChI=1S/C24H27N3O4/c1-17-8-7-11-21(14-17)30-13-12-25-23(28)16-31-24(29)15-22-18(2)26-27(19(22)3)20-9-5-4-6-10-20/h4-11,14H,12-13,15-16H2,1-3H3,(H,25,28). The first kappa shape index (κ1) is 22.1. The second-order valence-corrected chi connectivity index (χ2v) is 7.25. The third kappa shape index (κ3) is 6.18. The molecule has 7 nitrogen and oxygen atoms in total. The molecule has 0 spiro atoms. The van der Waals surface area contributed by atoms with Gasteiger partial charge < -0.3 is 14.8 Å². The lowest BCUT2D eigenvalue weighted by Crippen LogP contribution is -2.32. The van der Waals surface area contributed by atoms with E-state index in [2.05, 4.69) is 10.4 Å². The average Bonchev–Trinajstić information content (AvgIpc) is 3.04. The van der Waals surface area contributed by atoms with E-state index in [1.165, 1.54) is 0 Å². The fraction of sp³-hybridized carbons (Fsp3) is 0.292. The van der Waals surface area contributed by atoms with Crippen molar-refractivity contribution in [2.24, 2.45) is 0 Å². The van der Waals surface area contributed by atoms with Gasteiger partial charge in [-0.15, -0.1) is 0 Å². The van der Waals surface area contributed by atoms with Crippen LogP contribution in [-0.4, -0.2) is 41.4 Å². The number of rotatable bonds is 9. The number of amides is 1. The average molecular weight is 421 g/mol. The SMILES string of the molecule is Cc1cccc(OCCNC(=O)COC(=O)Cc2c(C)nn(-c3ccccc3)c2C)c1. The molecule has 162 valence electrons. The van der Waals surface area contributed by atoms with Crippen LogP contribution in [0.15, 0.2) is 54.6 Å². The third-order valence-corrected chi connectivity index (χ3v) is 4.81. The molecule has 31 heavy (non-hydrogen) atoms. The Bertz CT molecular complexity index is 1040. The lowest BCUT2D eigenvalue weighted by molar-refractivity contribution is -0.147. The minimum Gasteiger partial charge on any atom is -0.492 e. The Hall–Kier alpha value is -3.61. The van der Waals surface area contributed by atoms with Gasteiger partial charge in [0.05, 0.1) is 24.3 Å². The molecule has 1 amide bonds. The number of ether oxygens (including phenoxy) is 2. The van der Waals surface area contributed by atoms with Crippen molar-refractivity contribution in [2.45, 2.75) is 27.2 Å². The van der Waals surface area contributed by atoms with Gasteiger partial charge in [0.25, 0.3) is 5.91 Å². The van der Waals surface area contributed by atoms with E-state index in [-0.39, 0.29) is 18.9 Å². The number of esters is 1. The zero-order valence-corrected chi connectivity index (χ0v) is 18.1. The maximum Gasteiger partial charge on any atom is 0.310 e. The molecule has 7 heteroatoms. The number of benzene rings is 2. The molecule has 1 N–H and O–H groups in total. The molecule has 0 bridgehead atoms. The number of aromatic nitrogens is 2. The number of nitrogens with zero attached hydrogens (tertiary/aromatic N) is 2. The number of carbonyl (C=O) groups excluding carboxylic acids is 2. The molecule has 0 atom stereocenters. The lowest BCUT2D eigenvalue weighted by Gasteiger charge is -2.09. The van der Waals surface area contributed by atoms with Crippen LogP contribution in [-0.2, 0) is 20.7 Å². The van der Waals surface area contributed by atoms with Gasteiger partial charge in [-0.25, -0.2) is 4.68 Å². The first-order valence-electron chi connectivity index (χ1n) is 10.2. The quantitative estimate of drug-likeness (QED) is 0.424. The van der Waals surface area contributed by atoms with Crippen LogP contribution in [0.5, 0.6) is 5.75 Å². The Labute approximate surface area is 182 Å². The highest BCUT2D eigenvalue weighted by atomic mass is 16.5. The number of hydrogen-bond acceptors (Lipinski definition) is 5. The van der Waals surface area contributed by atoms with Crippen LogP contribution in [0.3, 0.4) is 0 Å². The minimum absolute atomic E-state index is 0.0637. The molecular weight excluding hydrogens is 394 g/mol. The number of para-hydroxylation sites is 1. The molecule has 0 saturated heterocycles. The highest BCUT2D eigenvalue weighted by Crippen LogP contribution is 2.18. The maximum atomic E-state index is 12.3.